The van der Waals surface area contributed by atoms with Crippen LogP contribution in [-0.4, -0.2) is 26.2 Å². The number of ether oxygens (including phenoxy) is 2. The molecule has 3 rings (SSSR count). The molecule has 0 bridgehead atoms. The van der Waals surface area contributed by atoms with Gasteiger partial charge in [-0.15, -0.1) is 0 Å². The van der Waals surface area contributed by atoms with Crippen molar-refractivity contribution in [1.29, 1.82) is 0 Å². The summed E-state index contributed by atoms with van der Waals surface area (Å²) < 4.78 is 10.0. The summed E-state index contributed by atoms with van der Waals surface area (Å²) >= 11 is 0. The second-order valence-corrected chi connectivity index (χ2v) is 9.59. The van der Waals surface area contributed by atoms with Crippen molar-refractivity contribution in [1.82, 2.24) is 0 Å². The largest absolute Gasteiger partial charge is 0.466 e. The Morgan fingerprint density at radius 2 is 1.03 bits per heavy atom. The zero-order valence-corrected chi connectivity index (χ0v) is 17.2. The fraction of sp³-hybridized carbons (Fsp3) is 0.0833. The van der Waals surface area contributed by atoms with Gasteiger partial charge in [0.05, 0.1) is 20.3 Å². The first-order chi connectivity index (χ1) is 14.1. The number of carbonyl (C=O) groups excluding carboxylic acids is 2. The molecule has 0 aliphatic carbocycles. The van der Waals surface area contributed by atoms with Crippen molar-refractivity contribution in [2.45, 2.75) is 0 Å². The monoisotopic (exact) mass is 405 g/mol. The Bertz CT molecular complexity index is 902. The highest BCUT2D eigenvalue weighted by molar-refractivity contribution is 7.99. The van der Waals surface area contributed by atoms with Gasteiger partial charge in [-0.05, 0) is 36.4 Å². The molecule has 0 atom stereocenters. The molecular formula is C24H22O4P+. The lowest BCUT2D eigenvalue weighted by Crippen LogP contribution is -2.35. The summed E-state index contributed by atoms with van der Waals surface area (Å²) in [5.41, 5.74) is 0. The molecule has 0 N–H and O–H groups in total. The second kappa shape index (κ2) is 9.31. The zero-order valence-electron chi connectivity index (χ0n) is 16.3. The molecule has 0 heterocycles. The number of hydrogen-bond donors (Lipinski definition) is 0. The molecule has 0 unspecified atom stereocenters. The second-order valence-electron chi connectivity index (χ2n) is 6.22. The molecule has 0 saturated heterocycles. The van der Waals surface area contributed by atoms with Gasteiger partial charge in [0.15, 0.2) is 7.26 Å². The van der Waals surface area contributed by atoms with Crippen LogP contribution in [0.1, 0.15) is 0 Å². The highest BCUT2D eigenvalue weighted by Gasteiger charge is 2.53. The van der Waals surface area contributed by atoms with E-state index < -0.39 is 19.2 Å². The van der Waals surface area contributed by atoms with Crippen molar-refractivity contribution in [3.05, 3.63) is 102 Å². The van der Waals surface area contributed by atoms with E-state index in [1.54, 1.807) is 0 Å². The summed E-state index contributed by atoms with van der Waals surface area (Å²) in [5.74, 6) is -1.15. The molecule has 5 heteroatoms. The van der Waals surface area contributed by atoms with E-state index in [-0.39, 0.29) is 5.31 Å². The van der Waals surface area contributed by atoms with Gasteiger partial charge in [-0.25, -0.2) is 9.59 Å². The molecule has 29 heavy (non-hydrogen) atoms. The third-order valence-corrected chi connectivity index (χ3v) is 8.89. The number of methoxy groups -OCH3 is 2. The summed E-state index contributed by atoms with van der Waals surface area (Å²) in [5, 5.41) is 3.12. The van der Waals surface area contributed by atoms with Crippen molar-refractivity contribution in [2.75, 3.05) is 14.2 Å². The SMILES string of the molecule is COC(=O)/C=C(/C(=O)OC)[P+](c1ccccc1)(c1ccccc1)c1ccccc1. The van der Waals surface area contributed by atoms with E-state index in [1.165, 1.54) is 20.3 Å². The lowest BCUT2D eigenvalue weighted by Gasteiger charge is -2.28. The van der Waals surface area contributed by atoms with Crippen LogP contribution in [0.2, 0.25) is 0 Å². The minimum absolute atomic E-state index is 0.287. The molecule has 0 aliphatic heterocycles. The molecule has 4 nitrogen and oxygen atoms in total. The first-order valence-electron chi connectivity index (χ1n) is 9.09. The van der Waals surface area contributed by atoms with Crippen LogP contribution in [0.25, 0.3) is 0 Å². The van der Waals surface area contributed by atoms with Crippen molar-refractivity contribution >= 4 is 35.1 Å². The van der Waals surface area contributed by atoms with Gasteiger partial charge in [0.2, 0.25) is 5.31 Å². The summed E-state index contributed by atoms with van der Waals surface area (Å²) in [6.07, 6.45) is 1.27. The fourth-order valence-electron chi connectivity index (χ4n) is 3.39. The molecule has 0 aromatic heterocycles. The smallest absolute Gasteiger partial charge is 0.375 e. The van der Waals surface area contributed by atoms with E-state index in [9.17, 15) is 9.59 Å². The first-order valence-corrected chi connectivity index (χ1v) is 10.9. The van der Waals surface area contributed by atoms with Gasteiger partial charge in [0.1, 0.15) is 15.9 Å². The number of carbonyl (C=O) groups is 2. The van der Waals surface area contributed by atoms with Gasteiger partial charge in [0, 0.05) is 0 Å². The summed E-state index contributed by atoms with van der Waals surface area (Å²) in [6.45, 7) is 0. The molecule has 3 aromatic rings. The standard InChI is InChI=1S/C24H22O4P/c1-27-23(25)18-22(24(26)28-2)29(19-12-6-3-7-13-19,20-14-8-4-9-15-20)21-16-10-5-11-17-21/h3-18H,1-2H3/q+1/b22-18-. The van der Waals surface area contributed by atoms with Gasteiger partial charge >= 0.3 is 11.9 Å². The molecule has 146 valence electrons. The molecule has 0 radical (unpaired) electrons. The Labute approximate surface area is 171 Å². The Hall–Kier alpha value is -3.23. The normalized spacial score (nSPS) is 11.6. The molecule has 3 aromatic carbocycles. The van der Waals surface area contributed by atoms with Crippen LogP contribution in [0.4, 0.5) is 0 Å². The summed E-state index contributed by atoms with van der Waals surface area (Å²) in [7, 11) is -0.102. The fourth-order valence-corrected chi connectivity index (χ4v) is 7.64. The van der Waals surface area contributed by atoms with Crippen LogP contribution in [0.15, 0.2) is 102 Å². The van der Waals surface area contributed by atoms with Crippen LogP contribution < -0.4 is 15.9 Å². The summed E-state index contributed by atoms with van der Waals surface area (Å²) in [4.78, 5) is 25.4. The van der Waals surface area contributed by atoms with E-state index in [4.69, 9.17) is 9.47 Å². The van der Waals surface area contributed by atoms with Crippen LogP contribution in [0.5, 0.6) is 0 Å². The zero-order chi connectivity index (χ0) is 20.7. The highest BCUT2D eigenvalue weighted by Crippen LogP contribution is 2.62. The Morgan fingerprint density at radius 1 is 0.655 bits per heavy atom. The first kappa shape index (κ1) is 20.5. The number of rotatable bonds is 6. The lowest BCUT2D eigenvalue weighted by atomic mass is 10.3. The molecule has 0 saturated carbocycles. The van der Waals surface area contributed by atoms with Crippen LogP contribution in [0.3, 0.4) is 0 Å². The van der Waals surface area contributed by atoms with E-state index in [1.807, 2.05) is 91.0 Å². The molecule has 0 aliphatic rings. The van der Waals surface area contributed by atoms with Crippen molar-refractivity contribution in [3.63, 3.8) is 0 Å². The minimum atomic E-state index is -2.72. The Kier molecular flexibility index (Phi) is 6.58. The van der Waals surface area contributed by atoms with Crippen molar-refractivity contribution < 1.29 is 19.1 Å². The maximum Gasteiger partial charge on any atom is 0.375 e. The Balaban J connectivity index is 2.49. The predicted molar refractivity (Wildman–Crippen MR) is 117 cm³/mol. The van der Waals surface area contributed by atoms with Gasteiger partial charge in [-0.2, -0.15) is 0 Å². The maximum atomic E-state index is 13.1. The number of benzene rings is 3. The van der Waals surface area contributed by atoms with Gasteiger partial charge in [-0.1, -0.05) is 54.6 Å². The quantitative estimate of drug-likeness (QED) is 0.359. The van der Waals surface area contributed by atoms with Crippen LogP contribution >= 0.6 is 7.26 Å². The number of esters is 2. The molecule has 0 fully saturated rings. The van der Waals surface area contributed by atoms with E-state index in [0.29, 0.717) is 0 Å². The van der Waals surface area contributed by atoms with E-state index in [0.717, 1.165) is 15.9 Å². The molecular weight excluding hydrogens is 383 g/mol. The highest BCUT2D eigenvalue weighted by atomic mass is 31.2. The van der Waals surface area contributed by atoms with E-state index >= 15 is 0 Å². The number of hydrogen-bond acceptors (Lipinski definition) is 4. The maximum absolute atomic E-state index is 13.1. The summed E-state index contributed by atoms with van der Waals surface area (Å²) in [6, 6.07) is 29.3. The molecule has 0 spiro atoms. The van der Waals surface area contributed by atoms with Crippen molar-refractivity contribution in [3.8, 4) is 0 Å². The third-order valence-electron chi connectivity index (χ3n) is 4.64. The lowest BCUT2D eigenvalue weighted by molar-refractivity contribution is -0.137. The van der Waals surface area contributed by atoms with Gasteiger partial charge in [-0.3, -0.25) is 0 Å². The average Bonchev–Trinajstić information content (AvgIpc) is 2.80. The van der Waals surface area contributed by atoms with Gasteiger partial charge in [0.25, 0.3) is 0 Å². The topological polar surface area (TPSA) is 52.6 Å². The predicted octanol–water partition coefficient (Wildman–Crippen LogP) is 3.21. The third kappa shape index (κ3) is 3.98. The van der Waals surface area contributed by atoms with E-state index in [2.05, 4.69) is 0 Å². The van der Waals surface area contributed by atoms with Crippen LogP contribution in [0, 0.1) is 0 Å². The van der Waals surface area contributed by atoms with Gasteiger partial charge < -0.3 is 9.47 Å². The van der Waals surface area contributed by atoms with Crippen LogP contribution in [-0.2, 0) is 19.1 Å². The van der Waals surface area contributed by atoms with Crippen molar-refractivity contribution in [2.24, 2.45) is 0 Å². The molecule has 0 amide bonds. The average molecular weight is 405 g/mol. The Morgan fingerprint density at radius 3 is 1.34 bits per heavy atom. The minimum Gasteiger partial charge on any atom is -0.466 e.